The summed E-state index contributed by atoms with van der Waals surface area (Å²) in [6.07, 6.45) is 1.29. The van der Waals surface area contributed by atoms with E-state index in [2.05, 4.69) is 10.2 Å². The van der Waals surface area contributed by atoms with E-state index in [1.807, 2.05) is 0 Å². The Bertz CT molecular complexity index is 606. The number of nitrogens with zero attached hydrogens (tertiary/aromatic N) is 1. The number of nitrogens with one attached hydrogen (secondary N) is 1. The number of aromatic amines is 1. The summed E-state index contributed by atoms with van der Waals surface area (Å²) in [5.41, 5.74) is 1.29. The third-order valence-corrected chi connectivity index (χ3v) is 2.70. The Morgan fingerprint density at radius 3 is 2.83 bits per heavy atom. The highest BCUT2D eigenvalue weighted by molar-refractivity contribution is 5.94. The molecule has 6 heteroatoms. The summed E-state index contributed by atoms with van der Waals surface area (Å²) in [5, 5.41) is 15.5. The molecule has 0 unspecified atom stereocenters. The molecule has 92 valence electrons. The van der Waals surface area contributed by atoms with Gasteiger partial charge < -0.3 is 14.6 Å². The summed E-state index contributed by atoms with van der Waals surface area (Å²) in [4.78, 5) is 11.0. The number of H-pyrrole nitrogens is 1. The zero-order chi connectivity index (χ0) is 12.5. The zero-order valence-electron chi connectivity index (χ0n) is 9.34. The van der Waals surface area contributed by atoms with Crippen LogP contribution in [0.2, 0.25) is 0 Å². The number of ether oxygens (including phenoxy) is 2. The van der Waals surface area contributed by atoms with Gasteiger partial charge >= 0.3 is 5.97 Å². The lowest BCUT2D eigenvalue weighted by Crippen LogP contribution is -2.15. The fourth-order valence-corrected chi connectivity index (χ4v) is 1.87. The van der Waals surface area contributed by atoms with E-state index in [-0.39, 0.29) is 5.56 Å². The van der Waals surface area contributed by atoms with Gasteiger partial charge in [0.2, 0.25) is 0 Å². The molecular weight excluding hydrogens is 236 g/mol. The van der Waals surface area contributed by atoms with Crippen LogP contribution in [0.15, 0.2) is 24.4 Å². The predicted octanol–water partition coefficient (Wildman–Crippen LogP) is 1.55. The molecule has 2 aromatic rings. The highest BCUT2D eigenvalue weighted by Crippen LogP contribution is 2.34. The minimum atomic E-state index is -1.02. The van der Waals surface area contributed by atoms with Crippen LogP contribution < -0.4 is 9.47 Å². The van der Waals surface area contributed by atoms with E-state index in [1.54, 1.807) is 18.2 Å². The maximum absolute atomic E-state index is 11.0. The monoisotopic (exact) mass is 246 g/mol. The second-order valence-corrected chi connectivity index (χ2v) is 3.82. The molecule has 0 saturated carbocycles. The number of hydrogen-bond donors (Lipinski definition) is 2. The van der Waals surface area contributed by atoms with Gasteiger partial charge in [0, 0.05) is 5.56 Å². The zero-order valence-corrected chi connectivity index (χ0v) is 9.34. The van der Waals surface area contributed by atoms with Gasteiger partial charge in [0.05, 0.1) is 11.9 Å². The number of carboxylic acid groups (broad SMARTS) is 1. The first-order chi connectivity index (χ1) is 8.75. The first-order valence-electron chi connectivity index (χ1n) is 5.42. The second kappa shape index (κ2) is 4.06. The number of carboxylic acids is 1. The van der Waals surface area contributed by atoms with Crippen molar-refractivity contribution in [3.05, 3.63) is 30.0 Å². The van der Waals surface area contributed by atoms with Gasteiger partial charge in [0.1, 0.15) is 18.8 Å². The Balaban J connectivity index is 2.06. The number of aromatic carboxylic acids is 1. The molecule has 0 fully saturated rings. The van der Waals surface area contributed by atoms with Crippen LogP contribution >= 0.6 is 0 Å². The van der Waals surface area contributed by atoms with E-state index >= 15 is 0 Å². The summed E-state index contributed by atoms with van der Waals surface area (Å²) in [5.74, 6) is 0.264. The minimum Gasteiger partial charge on any atom is -0.486 e. The first kappa shape index (κ1) is 10.6. The van der Waals surface area contributed by atoms with E-state index in [4.69, 9.17) is 14.6 Å². The molecular formula is C12H10N2O4. The highest BCUT2D eigenvalue weighted by Gasteiger charge is 2.17. The van der Waals surface area contributed by atoms with Gasteiger partial charge in [-0.2, -0.15) is 5.10 Å². The lowest BCUT2D eigenvalue weighted by molar-refractivity contribution is 0.0698. The molecule has 0 atom stereocenters. The van der Waals surface area contributed by atoms with E-state index < -0.39 is 5.97 Å². The SMILES string of the molecule is O=C(O)c1cn[nH]c1-c1ccc2c(c1)OCCO2. The number of fused-ring (bicyclic) bond motifs is 1. The first-order valence-corrected chi connectivity index (χ1v) is 5.42. The quantitative estimate of drug-likeness (QED) is 0.839. The lowest BCUT2D eigenvalue weighted by atomic mass is 10.1. The van der Waals surface area contributed by atoms with Gasteiger partial charge in [-0.25, -0.2) is 4.79 Å². The maximum atomic E-state index is 11.0. The number of carbonyl (C=O) groups is 1. The maximum Gasteiger partial charge on any atom is 0.339 e. The van der Waals surface area contributed by atoms with Gasteiger partial charge in [-0.05, 0) is 18.2 Å². The average molecular weight is 246 g/mol. The Morgan fingerprint density at radius 2 is 2.06 bits per heavy atom. The van der Waals surface area contributed by atoms with Gasteiger partial charge in [-0.15, -0.1) is 0 Å². The van der Waals surface area contributed by atoms with Crippen molar-refractivity contribution < 1.29 is 19.4 Å². The molecule has 1 aliphatic rings. The molecule has 0 saturated heterocycles. The van der Waals surface area contributed by atoms with Crippen molar-refractivity contribution >= 4 is 5.97 Å². The molecule has 0 bridgehead atoms. The van der Waals surface area contributed by atoms with E-state index in [9.17, 15) is 4.79 Å². The third-order valence-electron chi connectivity index (χ3n) is 2.70. The normalized spacial score (nSPS) is 13.3. The Hall–Kier alpha value is -2.50. The number of aromatic nitrogens is 2. The largest absolute Gasteiger partial charge is 0.486 e. The van der Waals surface area contributed by atoms with Gasteiger partial charge in [0.15, 0.2) is 11.5 Å². The fourth-order valence-electron chi connectivity index (χ4n) is 1.87. The smallest absolute Gasteiger partial charge is 0.339 e. The van der Waals surface area contributed by atoms with Crippen molar-refractivity contribution in [3.63, 3.8) is 0 Å². The Kier molecular flexibility index (Phi) is 2.40. The van der Waals surface area contributed by atoms with Gasteiger partial charge in [-0.1, -0.05) is 0 Å². The van der Waals surface area contributed by atoms with Crippen LogP contribution in [-0.4, -0.2) is 34.5 Å². The summed E-state index contributed by atoms with van der Waals surface area (Å²) >= 11 is 0. The van der Waals surface area contributed by atoms with E-state index in [0.29, 0.717) is 36.0 Å². The molecule has 6 nitrogen and oxygen atoms in total. The van der Waals surface area contributed by atoms with Crippen molar-refractivity contribution in [2.75, 3.05) is 13.2 Å². The molecule has 1 aromatic carbocycles. The second-order valence-electron chi connectivity index (χ2n) is 3.82. The average Bonchev–Trinajstić information content (AvgIpc) is 2.87. The molecule has 2 N–H and O–H groups in total. The molecule has 2 heterocycles. The van der Waals surface area contributed by atoms with Crippen LogP contribution in [0.1, 0.15) is 10.4 Å². The van der Waals surface area contributed by atoms with Crippen LogP contribution in [-0.2, 0) is 0 Å². The molecule has 0 amide bonds. The fraction of sp³-hybridized carbons (Fsp3) is 0.167. The molecule has 1 aromatic heterocycles. The van der Waals surface area contributed by atoms with Crippen molar-refractivity contribution in [1.29, 1.82) is 0 Å². The minimum absolute atomic E-state index is 0.131. The summed E-state index contributed by atoms with van der Waals surface area (Å²) in [6.45, 7) is 1.02. The summed E-state index contributed by atoms with van der Waals surface area (Å²) in [7, 11) is 0. The van der Waals surface area contributed by atoms with Crippen LogP contribution in [0, 0.1) is 0 Å². The molecule has 0 aliphatic carbocycles. The molecule has 18 heavy (non-hydrogen) atoms. The molecule has 0 spiro atoms. The third kappa shape index (κ3) is 1.67. The van der Waals surface area contributed by atoms with E-state index in [1.165, 1.54) is 6.20 Å². The lowest BCUT2D eigenvalue weighted by Gasteiger charge is -2.18. The molecule has 0 radical (unpaired) electrons. The Labute approximate surface area is 102 Å². The summed E-state index contributed by atoms with van der Waals surface area (Å²) < 4.78 is 10.9. The standard InChI is InChI=1S/C12H10N2O4/c15-12(16)8-6-13-14-11(8)7-1-2-9-10(5-7)18-4-3-17-9/h1-2,5-6H,3-4H2,(H,13,14)(H,15,16). The number of benzene rings is 1. The number of rotatable bonds is 2. The van der Waals surface area contributed by atoms with Gasteiger partial charge in [-0.3, -0.25) is 5.10 Å². The topological polar surface area (TPSA) is 84.4 Å². The summed E-state index contributed by atoms with van der Waals surface area (Å²) in [6, 6.07) is 5.28. The number of hydrogen-bond acceptors (Lipinski definition) is 4. The molecule has 3 rings (SSSR count). The van der Waals surface area contributed by atoms with Crippen molar-refractivity contribution in [2.45, 2.75) is 0 Å². The van der Waals surface area contributed by atoms with Crippen molar-refractivity contribution in [2.24, 2.45) is 0 Å². The Morgan fingerprint density at radius 1 is 1.28 bits per heavy atom. The van der Waals surface area contributed by atoms with Crippen LogP contribution in [0.5, 0.6) is 11.5 Å². The molecule has 1 aliphatic heterocycles. The van der Waals surface area contributed by atoms with Crippen LogP contribution in [0.25, 0.3) is 11.3 Å². The van der Waals surface area contributed by atoms with Crippen LogP contribution in [0.3, 0.4) is 0 Å². The van der Waals surface area contributed by atoms with Crippen molar-refractivity contribution in [3.8, 4) is 22.8 Å². The highest BCUT2D eigenvalue weighted by atomic mass is 16.6. The van der Waals surface area contributed by atoms with E-state index in [0.717, 1.165) is 0 Å². The van der Waals surface area contributed by atoms with Crippen LogP contribution in [0.4, 0.5) is 0 Å². The predicted molar refractivity (Wildman–Crippen MR) is 62.0 cm³/mol. The van der Waals surface area contributed by atoms with Gasteiger partial charge in [0.25, 0.3) is 0 Å². The van der Waals surface area contributed by atoms with Crippen molar-refractivity contribution in [1.82, 2.24) is 10.2 Å².